The largest absolute Gasteiger partial charge is 0.395 e. The molecule has 15 heavy (non-hydrogen) atoms. The third-order valence-electron chi connectivity index (χ3n) is 3.30. The van der Waals surface area contributed by atoms with E-state index >= 15 is 0 Å². The number of nitrogens with one attached hydrogen (secondary N) is 1. The van der Waals surface area contributed by atoms with E-state index < -0.39 is 0 Å². The standard InChI is InChI=1S/C12H25NO2/c1-10(2)12(9-14)13-6-3-11-4-7-15-8-5-11/h10-14H,3-9H2,1-2H3. The Kier molecular flexibility index (Phi) is 6.22. The van der Waals surface area contributed by atoms with E-state index in [9.17, 15) is 0 Å². The first-order chi connectivity index (χ1) is 7.24. The van der Waals surface area contributed by atoms with Crippen molar-refractivity contribution in [3.63, 3.8) is 0 Å². The summed E-state index contributed by atoms with van der Waals surface area (Å²) in [5, 5.41) is 12.6. The lowest BCUT2D eigenvalue weighted by Gasteiger charge is -2.24. The molecule has 1 unspecified atom stereocenters. The second kappa shape index (κ2) is 7.20. The van der Waals surface area contributed by atoms with Crippen LogP contribution in [0.15, 0.2) is 0 Å². The summed E-state index contributed by atoms with van der Waals surface area (Å²) in [6.45, 7) is 7.40. The minimum atomic E-state index is 0.242. The highest BCUT2D eigenvalue weighted by Gasteiger charge is 2.15. The highest BCUT2D eigenvalue weighted by atomic mass is 16.5. The second-order valence-corrected chi connectivity index (χ2v) is 4.83. The highest BCUT2D eigenvalue weighted by Crippen LogP contribution is 2.17. The summed E-state index contributed by atoms with van der Waals surface area (Å²) in [6, 6.07) is 0.254. The Hall–Kier alpha value is -0.120. The Labute approximate surface area is 93.2 Å². The molecule has 1 fully saturated rings. The summed E-state index contributed by atoms with van der Waals surface area (Å²) in [5.74, 6) is 1.32. The lowest BCUT2D eigenvalue weighted by molar-refractivity contribution is 0.0632. The first-order valence-electron chi connectivity index (χ1n) is 6.16. The van der Waals surface area contributed by atoms with Gasteiger partial charge in [-0.15, -0.1) is 0 Å². The third kappa shape index (κ3) is 4.96. The minimum absolute atomic E-state index is 0.242. The van der Waals surface area contributed by atoms with Crippen LogP contribution in [-0.4, -0.2) is 37.5 Å². The average molecular weight is 215 g/mol. The van der Waals surface area contributed by atoms with Crippen molar-refractivity contribution in [2.24, 2.45) is 11.8 Å². The van der Waals surface area contributed by atoms with Gasteiger partial charge >= 0.3 is 0 Å². The summed E-state index contributed by atoms with van der Waals surface area (Å²) in [7, 11) is 0. The number of rotatable bonds is 6. The van der Waals surface area contributed by atoms with Gasteiger partial charge in [-0.1, -0.05) is 13.8 Å². The predicted molar refractivity (Wildman–Crippen MR) is 61.9 cm³/mol. The fourth-order valence-corrected chi connectivity index (χ4v) is 2.02. The molecule has 1 atom stereocenters. The molecule has 0 radical (unpaired) electrons. The van der Waals surface area contributed by atoms with Crippen LogP contribution in [0.5, 0.6) is 0 Å². The van der Waals surface area contributed by atoms with Crippen LogP contribution in [0.1, 0.15) is 33.1 Å². The van der Waals surface area contributed by atoms with E-state index in [4.69, 9.17) is 9.84 Å². The number of ether oxygens (including phenoxy) is 1. The average Bonchev–Trinajstić information content (AvgIpc) is 2.25. The molecule has 0 aromatic heterocycles. The van der Waals surface area contributed by atoms with Gasteiger partial charge in [0, 0.05) is 19.3 Å². The van der Waals surface area contributed by atoms with E-state index in [0.29, 0.717) is 5.92 Å². The third-order valence-corrected chi connectivity index (χ3v) is 3.30. The molecule has 0 aliphatic carbocycles. The van der Waals surface area contributed by atoms with Crippen LogP contribution < -0.4 is 5.32 Å². The van der Waals surface area contributed by atoms with Gasteiger partial charge in [-0.2, -0.15) is 0 Å². The molecule has 3 heteroatoms. The van der Waals surface area contributed by atoms with E-state index in [1.807, 2.05) is 0 Å². The molecule has 0 amide bonds. The molecule has 0 saturated carbocycles. The maximum atomic E-state index is 9.15. The molecule has 1 aliphatic heterocycles. The summed E-state index contributed by atoms with van der Waals surface area (Å²) in [4.78, 5) is 0. The lowest BCUT2D eigenvalue weighted by atomic mass is 9.96. The summed E-state index contributed by atoms with van der Waals surface area (Å²) < 4.78 is 5.33. The summed E-state index contributed by atoms with van der Waals surface area (Å²) >= 11 is 0. The van der Waals surface area contributed by atoms with Crippen LogP contribution in [0.4, 0.5) is 0 Å². The first-order valence-corrected chi connectivity index (χ1v) is 6.16. The monoisotopic (exact) mass is 215 g/mol. The smallest absolute Gasteiger partial charge is 0.0587 e. The number of hydrogen-bond donors (Lipinski definition) is 2. The van der Waals surface area contributed by atoms with Gasteiger partial charge in [0.2, 0.25) is 0 Å². The van der Waals surface area contributed by atoms with Crippen molar-refractivity contribution in [3.8, 4) is 0 Å². The molecule has 2 N–H and O–H groups in total. The van der Waals surface area contributed by atoms with Crippen molar-refractivity contribution in [3.05, 3.63) is 0 Å². The van der Waals surface area contributed by atoms with Gasteiger partial charge in [0.15, 0.2) is 0 Å². The van der Waals surface area contributed by atoms with Gasteiger partial charge in [0.1, 0.15) is 0 Å². The van der Waals surface area contributed by atoms with Crippen molar-refractivity contribution in [1.82, 2.24) is 5.32 Å². The van der Waals surface area contributed by atoms with Crippen molar-refractivity contribution >= 4 is 0 Å². The molecule has 1 rings (SSSR count). The van der Waals surface area contributed by atoms with Crippen molar-refractivity contribution in [2.75, 3.05) is 26.4 Å². The Morgan fingerprint density at radius 1 is 1.33 bits per heavy atom. The Morgan fingerprint density at radius 3 is 2.53 bits per heavy atom. The zero-order valence-electron chi connectivity index (χ0n) is 10.0. The van der Waals surface area contributed by atoms with Crippen LogP contribution in [0, 0.1) is 11.8 Å². The topological polar surface area (TPSA) is 41.5 Å². The molecule has 0 aromatic carbocycles. The van der Waals surface area contributed by atoms with Crippen LogP contribution in [-0.2, 0) is 4.74 Å². The fraction of sp³-hybridized carbons (Fsp3) is 1.00. The Balaban J connectivity index is 2.08. The molecule has 1 saturated heterocycles. The van der Waals surface area contributed by atoms with Gasteiger partial charge in [0.25, 0.3) is 0 Å². The number of hydrogen-bond acceptors (Lipinski definition) is 3. The normalized spacial score (nSPS) is 20.8. The zero-order chi connectivity index (χ0) is 11.1. The van der Waals surface area contributed by atoms with E-state index in [-0.39, 0.29) is 12.6 Å². The summed E-state index contributed by atoms with van der Waals surface area (Å²) in [6.07, 6.45) is 3.62. The minimum Gasteiger partial charge on any atom is -0.395 e. The van der Waals surface area contributed by atoms with Crippen molar-refractivity contribution < 1.29 is 9.84 Å². The Bertz CT molecular complexity index is 156. The van der Waals surface area contributed by atoms with E-state index in [1.165, 1.54) is 19.3 Å². The zero-order valence-corrected chi connectivity index (χ0v) is 10.0. The highest BCUT2D eigenvalue weighted by molar-refractivity contribution is 4.71. The van der Waals surface area contributed by atoms with E-state index in [2.05, 4.69) is 19.2 Å². The van der Waals surface area contributed by atoms with Crippen LogP contribution >= 0.6 is 0 Å². The number of aliphatic hydroxyl groups is 1. The van der Waals surface area contributed by atoms with Crippen LogP contribution in [0.2, 0.25) is 0 Å². The summed E-state index contributed by atoms with van der Waals surface area (Å²) in [5.41, 5.74) is 0. The fourth-order valence-electron chi connectivity index (χ4n) is 2.02. The van der Waals surface area contributed by atoms with Crippen LogP contribution in [0.25, 0.3) is 0 Å². The van der Waals surface area contributed by atoms with Crippen LogP contribution in [0.3, 0.4) is 0 Å². The number of aliphatic hydroxyl groups excluding tert-OH is 1. The molecule has 90 valence electrons. The molecule has 0 spiro atoms. The van der Waals surface area contributed by atoms with Gasteiger partial charge in [-0.25, -0.2) is 0 Å². The van der Waals surface area contributed by atoms with E-state index in [1.54, 1.807) is 0 Å². The van der Waals surface area contributed by atoms with E-state index in [0.717, 1.165) is 25.7 Å². The van der Waals surface area contributed by atoms with Gasteiger partial charge in [0.05, 0.1) is 6.61 Å². The SMILES string of the molecule is CC(C)C(CO)NCCC1CCOCC1. The molecule has 0 aromatic rings. The molecular weight excluding hydrogens is 190 g/mol. The Morgan fingerprint density at radius 2 is 2.00 bits per heavy atom. The maximum Gasteiger partial charge on any atom is 0.0587 e. The lowest BCUT2D eigenvalue weighted by Crippen LogP contribution is -2.38. The molecular formula is C12H25NO2. The van der Waals surface area contributed by atoms with Gasteiger partial charge in [-0.3, -0.25) is 0 Å². The predicted octanol–water partition coefficient (Wildman–Crippen LogP) is 1.41. The quantitative estimate of drug-likeness (QED) is 0.704. The maximum absolute atomic E-state index is 9.15. The van der Waals surface area contributed by atoms with Gasteiger partial charge < -0.3 is 15.2 Å². The molecule has 0 bridgehead atoms. The second-order valence-electron chi connectivity index (χ2n) is 4.83. The molecule has 1 heterocycles. The van der Waals surface area contributed by atoms with Gasteiger partial charge in [-0.05, 0) is 37.6 Å². The molecule has 1 aliphatic rings. The first kappa shape index (κ1) is 12.9. The van der Waals surface area contributed by atoms with Crippen molar-refractivity contribution in [1.29, 1.82) is 0 Å². The molecule has 3 nitrogen and oxygen atoms in total. The van der Waals surface area contributed by atoms with Crippen molar-refractivity contribution in [2.45, 2.75) is 39.2 Å².